The van der Waals surface area contributed by atoms with Crippen LogP contribution in [-0.4, -0.2) is 37.5 Å². The molecule has 24 heavy (non-hydrogen) atoms. The first-order chi connectivity index (χ1) is 11.0. The number of hydrogen-bond donors (Lipinski definition) is 3. The van der Waals surface area contributed by atoms with Crippen LogP contribution in [0.5, 0.6) is 0 Å². The quantitative estimate of drug-likeness (QED) is 0.638. The maximum Gasteiger partial charge on any atom is 0.326 e. The lowest BCUT2D eigenvalue weighted by atomic mass is 10.0. The van der Waals surface area contributed by atoms with Gasteiger partial charge in [-0.25, -0.2) is 13.2 Å². The van der Waals surface area contributed by atoms with Gasteiger partial charge in [0.05, 0.1) is 10.9 Å². The zero-order valence-corrected chi connectivity index (χ0v) is 15.2. The fourth-order valence-corrected chi connectivity index (χ4v) is 3.29. The Morgan fingerprint density at radius 3 is 2.17 bits per heavy atom. The predicted octanol–water partition coefficient (Wildman–Crippen LogP) is 1.62. The molecule has 0 saturated carbocycles. The van der Waals surface area contributed by atoms with E-state index in [0.717, 1.165) is 0 Å². The van der Waals surface area contributed by atoms with E-state index in [-0.39, 0.29) is 17.2 Å². The second-order valence-corrected chi connectivity index (χ2v) is 7.98. The van der Waals surface area contributed by atoms with Crippen LogP contribution in [0.25, 0.3) is 0 Å². The van der Waals surface area contributed by atoms with Crippen LogP contribution in [0.15, 0.2) is 29.2 Å². The summed E-state index contributed by atoms with van der Waals surface area (Å²) in [5, 5.41) is 11.9. The number of carboxylic acids is 1. The van der Waals surface area contributed by atoms with Gasteiger partial charge in [0.1, 0.15) is 6.04 Å². The number of amides is 1. The Balaban J connectivity index is 2.78. The van der Waals surface area contributed by atoms with Gasteiger partial charge in [-0.05, 0) is 43.5 Å². The molecule has 1 amide bonds. The number of nitrogens with one attached hydrogen (secondary N) is 2. The van der Waals surface area contributed by atoms with Crippen LogP contribution in [0, 0.1) is 5.92 Å². The molecule has 2 atom stereocenters. The standard InChI is InChI=1S/C15H21ClN2O5S/c1-9(2)8-13(15(20)21)17-14(19)10(3)18-24(22,23)12-6-4-11(16)5-7-12/h4-7,9-10,13,18H,8H2,1-3H3,(H,17,19)(H,20,21)/t10?,13-/m0/s1. The van der Waals surface area contributed by atoms with Crippen molar-refractivity contribution in [2.75, 3.05) is 0 Å². The molecule has 0 spiro atoms. The first-order valence-electron chi connectivity index (χ1n) is 7.34. The molecule has 0 fully saturated rings. The van der Waals surface area contributed by atoms with Crippen LogP contribution in [0.3, 0.4) is 0 Å². The lowest BCUT2D eigenvalue weighted by Gasteiger charge is -2.20. The van der Waals surface area contributed by atoms with Crippen LogP contribution in [0.4, 0.5) is 0 Å². The van der Waals surface area contributed by atoms with Gasteiger partial charge in [-0.1, -0.05) is 25.4 Å². The van der Waals surface area contributed by atoms with Crippen molar-refractivity contribution >= 4 is 33.5 Å². The van der Waals surface area contributed by atoms with Crippen LogP contribution in [0.1, 0.15) is 27.2 Å². The van der Waals surface area contributed by atoms with Gasteiger partial charge in [0.15, 0.2) is 0 Å². The van der Waals surface area contributed by atoms with Gasteiger partial charge >= 0.3 is 5.97 Å². The Bertz CT molecular complexity index is 688. The molecule has 1 rings (SSSR count). The third-order valence-corrected chi connectivity index (χ3v) is 4.98. The van der Waals surface area contributed by atoms with E-state index < -0.39 is 34.0 Å². The molecule has 1 aromatic carbocycles. The number of aliphatic carboxylic acids is 1. The fraction of sp³-hybridized carbons (Fsp3) is 0.467. The number of halogens is 1. The van der Waals surface area contributed by atoms with E-state index >= 15 is 0 Å². The average molecular weight is 377 g/mol. The highest BCUT2D eigenvalue weighted by Crippen LogP contribution is 2.14. The highest BCUT2D eigenvalue weighted by molar-refractivity contribution is 7.89. The molecule has 0 aliphatic carbocycles. The first kappa shape index (κ1) is 20.4. The van der Waals surface area contributed by atoms with Crippen molar-refractivity contribution in [3.05, 3.63) is 29.3 Å². The van der Waals surface area contributed by atoms with Gasteiger partial charge in [0.25, 0.3) is 0 Å². The SMILES string of the molecule is CC(C)C[C@H](NC(=O)C(C)NS(=O)(=O)c1ccc(Cl)cc1)C(=O)O. The minimum Gasteiger partial charge on any atom is -0.480 e. The second-order valence-electron chi connectivity index (χ2n) is 5.83. The Kier molecular flexibility index (Phi) is 7.19. The van der Waals surface area contributed by atoms with Crippen molar-refractivity contribution in [3.63, 3.8) is 0 Å². The average Bonchev–Trinajstić information content (AvgIpc) is 2.45. The Hall–Kier alpha value is -1.64. The zero-order valence-electron chi connectivity index (χ0n) is 13.6. The van der Waals surface area contributed by atoms with E-state index in [1.54, 1.807) is 0 Å². The third kappa shape index (κ3) is 6.10. The normalized spacial score (nSPS) is 14.2. The molecule has 0 aliphatic heterocycles. The lowest BCUT2D eigenvalue weighted by Crippen LogP contribution is -2.50. The number of carboxylic acid groups (broad SMARTS) is 1. The minimum absolute atomic E-state index is 0.0384. The summed E-state index contributed by atoms with van der Waals surface area (Å²) in [4.78, 5) is 23.2. The smallest absolute Gasteiger partial charge is 0.326 e. The molecule has 9 heteroatoms. The van der Waals surface area contributed by atoms with Crippen molar-refractivity contribution < 1.29 is 23.1 Å². The van der Waals surface area contributed by atoms with Crippen molar-refractivity contribution in [1.29, 1.82) is 0 Å². The van der Waals surface area contributed by atoms with Crippen LogP contribution in [-0.2, 0) is 19.6 Å². The predicted molar refractivity (Wildman–Crippen MR) is 90.3 cm³/mol. The van der Waals surface area contributed by atoms with Crippen LogP contribution < -0.4 is 10.0 Å². The molecule has 0 heterocycles. The molecular formula is C15H21ClN2O5S. The van der Waals surface area contributed by atoms with Gasteiger partial charge in [0.2, 0.25) is 15.9 Å². The molecule has 1 aromatic rings. The van der Waals surface area contributed by atoms with E-state index in [9.17, 15) is 18.0 Å². The van der Waals surface area contributed by atoms with Gasteiger partial charge in [-0.3, -0.25) is 4.79 Å². The summed E-state index contributed by atoms with van der Waals surface area (Å²) in [5.74, 6) is -1.81. The van der Waals surface area contributed by atoms with Crippen molar-refractivity contribution in [3.8, 4) is 0 Å². The Morgan fingerprint density at radius 2 is 1.71 bits per heavy atom. The number of carbonyl (C=O) groups is 2. The molecular weight excluding hydrogens is 356 g/mol. The lowest BCUT2D eigenvalue weighted by molar-refractivity contribution is -0.142. The minimum atomic E-state index is -3.92. The van der Waals surface area contributed by atoms with E-state index in [0.29, 0.717) is 5.02 Å². The van der Waals surface area contributed by atoms with Gasteiger partial charge in [0, 0.05) is 5.02 Å². The Labute approximate surface area is 146 Å². The summed E-state index contributed by atoms with van der Waals surface area (Å²) in [7, 11) is -3.92. The summed E-state index contributed by atoms with van der Waals surface area (Å²) in [6, 6.07) is 3.27. The van der Waals surface area contributed by atoms with Crippen LogP contribution in [0.2, 0.25) is 5.02 Å². The number of carbonyl (C=O) groups excluding carboxylic acids is 1. The molecule has 3 N–H and O–H groups in total. The molecule has 7 nitrogen and oxygen atoms in total. The highest BCUT2D eigenvalue weighted by atomic mass is 35.5. The largest absolute Gasteiger partial charge is 0.480 e. The summed E-state index contributed by atoms with van der Waals surface area (Å²) in [6.45, 7) is 5.00. The maximum absolute atomic E-state index is 12.2. The molecule has 0 aromatic heterocycles. The van der Waals surface area contributed by atoms with Gasteiger partial charge in [-0.2, -0.15) is 4.72 Å². The van der Waals surface area contributed by atoms with Crippen molar-refractivity contribution in [1.82, 2.24) is 10.0 Å². The first-order valence-corrected chi connectivity index (χ1v) is 9.20. The van der Waals surface area contributed by atoms with E-state index in [1.165, 1.54) is 31.2 Å². The zero-order chi connectivity index (χ0) is 18.5. The summed E-state index contributed by atoms with van der Waals surface area (Å²) in [5.41, 5.74) is 0. The highest BCUT2D eigenvalue weighted by Gasteiger charge is 2.26. The molecule has 134 valence electrons. The number of sulfonamides is 1. The third-order valence-electron chi connectivity index (χ3n) is 3.17. The van der Waals surface area contributed by atoms with Gasteiger partial charge < -0.3 is 10.4 Å². The number of hydrogen-bond acceptors (Lipinski definition) is 4. The molecule has 0 bridgehead atoms. The number of rotatable bonds is 8. The van der Waals surface area contributed by atoms with E-state index in [4.69, 9.17) is 16.7 Å². The molecule has 0 saturated heterocycles. The fourth-order valence-electron chi connectivity index (χ4n) is 1.96. The molecule has 1 unspecified atom stereocenters. The van der Waals surface area contributed by atoms with E-state index in [2.05, 4.69) is 10.0 Å². The molecule has 0 aliphatic rings. The van der Waals surface area contributed by atoms with Crippen LogP contribution >= 0.6 is 11.6 Å². The maximum atomic E-state index is 12.2. The monoisotopic (exact) mass is 376 g/mol. The van der Waals surface area contributed by atoms with Gasteiger partial charge in [-0.15, -0.1) is 0 Å². The Morgan fingerprint density at radius 1 is 1.17 bits per heavy atom. The summed E-state index contributed by atoms with van der Waals surface area (Å²) >= 11 is 5.71. The molecule has 0 radical (unpaired) electrons. The summed E-state index contributed by atoms with van der Waals surface area (Å²) < 4.78 is 26.6. The summed E-state index contributed by atoms with van der Waals surface area (Å²) in [6.07, 6.45) is 0.248. The number of benzene rings is 1. The van der Waals surface area contributed by atoms with E-state index in [1.807, 2.05) is 13.8 Å². The van der Waals surface area contributed by atoms with Crippen molar-refractivity contribution in [2.45, 2.75) is 44.2 Å². The topological polar surface area (TPSA) is 113 Å². The second kappa shape index (κ2) is 8.46. The van der Waals surface area contributed by atoms with Crippen molar-refractivity contribution in [2.24, 2.45) is 5.92 Å².